The molecular weight excluding hydrogens is 409 g/mol. The van der Waals surface area contributed by atoms with Crippen molar-refractivity contribution in [3.63, 3.8) is 0 Å². The third kappa shape index (κ3) is 5.61. The molecule has 0 atom stereocenters. The maximum atomic E-state index is 12.7. The van der Waals surface area contributed by atoms with Crippen molar-refractivity contribution in [2.45, 2.75) is 6.18 Å². The van der Waals surface area contributed by atoms with Crippen molar-refractivity contribution in [1.29, 1.82) is 0 Å². The molecule has 0 saturated carbocycles. The standard InChI is InChI=1S/C19H13F3N2O4S/c20-19(21,22)12-4-2-5-13(9-12)23-16(25)10-28-14-6-1-3-11(7-14)8-15-17(26)24-18(27)29-15/h1-9H,10H2,(H,23,25)(H,24,26,27)/b15-8-. The minimum Gasteiger partial charge on any atom is -0.484 e. The fourth-order valence-corrected chi connectivity index (χ4v) is 3.07. The van der Waals surface area contributed by atoms with Gasteiger partial charge in [0.25, 0.3) is 17.1 Å². The van der Waals surface area contributed by atoms with Crippen molar-refractivity contribution in [1.82, 2.24) is 5.32 Å². The first-order valence-electron chi connectivity index (χ1n) is 8.15. The number of halogens is 3. The summed E-state index contributed by atoms with van der Waals surface area (Å²) in [6, 6.07) is 10.7. The van der Waals surface area contributed by atoms with Crippen molar-refractivity contribution >= 4 is 40.6 Å². The summed E-state index contributed by atoms with van der Waals surface area (Å²) in [6.07, 6.45) is -3.01. The van der Waals surface area contributed by atoms with Crippen molar-refractivity contribution in [2.24, 2.45) is 0 Å². The van der Waals surface area contributed by atoms with Crippen LogP contribution in [0.25, 0.3) is 6.08 Å². The highest BCUT2D eigenvalue weighted by Crippen LogP contribution is 2.30. The first kappa shape index (κ1) is 20.5. The van der Waals surface area contributed by atoms with Crippen LogP contribution in [-0.2, 0) is 15.8 Å². The Morgan fingerprint density at radius 1 is 1.14 bits per heavy atom. The largest absolute Gasteiger partial charge is 0.484 e. The van der Waals surface area contributed by atoms with E-state index in [1.807, 2.05) is 0 Å². The number of rotatable bonds is 5. The Bertz CT molecular complexity index is 1000. The van der Waals surface area contributed by atoms with E-state index in [2.05, 4.69) is 10.6 Å². The molecule has 1 saturated heterocycles. The summed E-state index contributed by atoms with van der Waals surface area (Å²) < 4.78 is 43.5. The number of ether oxygens (including phenoxy) is 1. The third-order valence-electron chi connectivity index (χ3n) is 3.64. The van der Waals surface area contributed by atoms with Gasteiger partial charge in [-0.2, -0.15) is 13.2 Å². The van der Waals surface area contributed by atoms with Crippen LogP contribution in [0.15, 0.2) is 53.4 Å². The van der Waals surface area contributed by atoms with Gasteiger partial charge in [-0.05, 0) is 53.7 Å². The van der Waals surface area contributed by atoms with Gasteiger partial charge < -0.3 is 10.1 Å². The van der Waals surface area contributed by atoms with Crippen LogP contribution in [0.2, 0.25) is 0 Å². The quantitative estimate of drug-likeness (QED) is 0.711. The number of amides is 3. The molecule has 1 heterocycles. The highest BCUT2D eigenvalue weighted by molar-refractivity contribution is 8.18. The van der Waals surface area contributed by atoms with Crippen LogP contribution in [0.1, 0.15) is 11.1 Å². The molecule has 3 rings (SSSR count). The van der Waals surface area contributed by atoms with Gasteiger partial charge in [0.05, 0.1) is 10.5 Å². The summed E-state index contributed by atoms with van der Waals surface area (Å²) in [5.41, 5.74) is -0.293. The molecule has 2 N–H and O–H groups in total. The maximum Gasteiger partial charge on any atom is 0.416 e. The lowest BCUT2D eigenvalue weighted by molar-refractivity contribution is -0.137. The lowest BCUT2D eigenvalue weighted by Crippen LogP contribution is -2.20. The summed E-state index contributed by atoms with van der Waals surface area (Å²) >= 11 is 0.773. The molecule has 0 spiro atoms. The zero-order valence-corrected chi connectivity index (χ0v) is 15.4. The summed E-state index contributed by atoms with van der Waals surface area (Å²) in [5, 5.41) is 4.02. The van der Waals surface area contributed by atoms with E-state index >= 15 is 0 Å². The average molecular weight is 422 g/mol. The highest BCUT2D eigenvalue weighted by atomic mass is 32.2. The van der Waals surface area contributed by atoms with Gasteiger partial charge in [-0.25, -0.2) is 0 Å². The Kier molecular flexibility index (Phi) is 5.92. The average Bonchev–Trinajstić information content (AvgIpc) is 2.97. The molecule has 6 nitrogen and oxygen atoms in total. The molecule has 29 heavy (non-hydrogen) atoms. The SMILES string of the molecule is O=C(COc1cccc(/C=C2\SC(=O)NC2=O)c1)Nc1cccc(C(F)(F)F)c1. The van der Waals surface area contributed by atoms with E-state index < -0.39 is 35.4 Å². The second-order valence-corrected chi connectivity index (χ2v) is 6.85. The topological polar surface area (TPSA) is 84.5 Å². The third-order valence-corrected chi connectivity index (χ3v) is 4.45. The second-order valence-electron chi connectivity index (χ2n) is 5.84. The van der Waals surface area contributed by atoms with E-state index in [-0.39, 0.29) is 10.6 Å². The van der Waals surface area contributed by atoms with E-state index in [0.717, 1.165) is 23.9 Å². The fraction of sp³-hybridized carbons (Fsp3) is 0.105. The molecule has 2 aromatic carbocycles. The molecule has 0 radical (unpaired) electrons. The Balaban J connectivity index is 1.60. The molecule has 1 aliphatic rings. The fourth-order valence-electron chi connectivity index (χ4n) is 2.39. The molecule has 0 aromatic heterocycles. The molecular formula is C19H13F3N2O4S. The normalized spacial score (nSPS) is 15.3. The number of hydrogen-bond donors (Lipinski definition) is 2. The molecule has 1 aliphatic heterocycles. The van der Waals surface area contributed by atoms with Crippen LogP contribution >= 0.6 is 11.8 Å². The Morgan fingerprint density at radius 3 is 2.59 bits per heavy atom. The van der Waals surface area contributed by atoms with E-state index in [0.29, 0.717) is 11.3 Å². The predicted octanol–water partition coefficient (Wildman–Crippen LogP) is 4.05. The van der Waals surface area contributed by atoms with Crippen LogP contribution in [0.4, 0.5) is 23.7 Å². The minimum atomic E-state index is -4.51. The van der Waals surface area contributed by atoms with Gasteiger partial charge in [0.1, 0.15) is 5.75 Å². The monoisotopic (exact) mass is 422 g/mol. The van der Waals surface area contributed by atoms with Gasteiger partial charge in [0.2, 0.25) is 0 Å². The Morgan fingerprint density at radius 2 is 1.90 bits per heavy atom. The van der Waals surface area contributed by atoms with Crippen LogP contribution in [0.3, 0.4) is 0 Å². The highest BCUT2D eigenvalue weighted by Gasteiger charge is 2.30. The zero-order valence-electron chi connectivity index (χ0n) is 14.6. The van der Waals surface area contributed by atoms with Crippen LogP contribution < -0.4 is 15.4 Å². The molecule has 0 unspecified atom stereocenters. The van der Waals surface area contributed by atoms with Gasteiger partial charge >= 0.3 is 6.18 Å². The van der Waals surface area contributed by atoms with E-state index in [4.69, 9.17) is 4.74 Å². The zero-order chi connectivity index (χ0) is 21.0. The number of benzene rings is 2. The maximum absolute atomic E-state index is 12.7. The summed E-state index contributed by atoms with van der Waals surface area (Å²) in [6.45, 7) is -0.427. The lowest BCUT2D eigenvalue weighted by Gasteiger charge is -2.11. The molecule has 0 aliphatic carbocycles. The number of carbonyl (C=O) groups excluding carboxylic acids is 3. The molecule has 10 heteroatoms. The van der Waals surface area contributed by atoms with E-state index in [9.17, 15) is 27.6 Å². The lowest BCUT2D eigenvalue weighted by atomic mass is 10.2. The summed E-state index contributed by atoms with van der Waals surface area (Å²) in [7, 11) is 0. The molecule has 1 fully saturated rings. The van der Waals surface area contributed by atoms with Gasteiger partial charge in [0.15, 0.2) is 6.61 Å². The van der Waals surface area contributed by atoms with Gasteiger partial charge in [0, 0.05) is 5.69 Å². The van der Waals surface area contributed by atoms with Crippen molar-refractivity contribution in [3.8, 4) is 5.75 Å². The number of carbonyl (C=O) groups is 3. The summed E-state index contributed by atoms with van der Waals surface area (Å²) in [5.74, 6) is -0.815. The number of nitrogens with one attached hydrogen (secondary N) is 2. The number of thioether (sulfide) groups is 1. The van der Waals surface area contributed by atoms with E-state index in [1.54, 1.807) is 24.3 Å². The first-order valence-corrected chi connectivity index (χ1v) is 8.97. The molecule has 2 aromatic rings. The van der Waals surface area contributed by atoms with Crippen LogP contribution in [0, 0.1) is 0 Å². The number of hydrogen-bond acceptors (Lipinski definition) is 5. The second kappa shape index (κ2) is 8.39. The van der Waals surface area contributed by atoms with Crippen molar-refractivity contribution in [2.75, 3.05) is 11.9 Å². The van der Waals surface area contributed by atoms with Gasteiger partial charge in [-0.15, -0.1) is 0 Å². The number of alkyl halides is 3. The minimum absolute atomic E-state index is 0.000784. The van der Waals surface area contributed by atoms with Crippen molar-refractivity contribution in [3.05, 3.63) is 64.6 Å². The molecule has 0 bridgehead atoms. The van der Waals surface area contributed by atoms with Crippen molar-refractivity contribution < 1.29 is 32.3 Å². The molecule has 150 valence electrons. The number of anilines is 1. The summed E-state index contributed by atoms with van der Waals surface area (Å²) in [4.78, 5) is 35.0. The predicted molar refractivity (Wildman–Crippen MR) is 101 cm³/mol. The van der Waals surface area contributed by atoms with Gasteiger partial charge in [-0.3, -0.25) is 19.7 Å². The first-order chi connectivity index (χ1) is 13.7. The number of imide groups is 1. The Hall–Kier alpha value is -3.27. The van der Waals surface area contributed by atoms with Crippen LogP contribution in [0.5, 0.6) is 5.75 Å². The van der Waals surface area contributed by atoms with E-state index in [1.165, 1.54) is 18.2 Å². The van der Waals surface area contributed by atoms with Crippen LogP contribution in [-0.4, -0.2) is 23.7 Å². The molecule has 3 amide bonds. The Labute approximate surface area is 167 Å². The van der Waals surface area contributed by atoms with Gasteiger partial charge in [-0.1, -0.05) is 18.2 Å². The smallest absolute Gasteiger partial charge is 0.416 e.